The van der Waals surface area contributed by atoms with Gasteiger partial charge in [0.15, 0.2) is 0 Å². The van der Waals surface area contributed by atoms with Gasteiger partial charge >= 0.3 is 0 Å². The maximum atomic E-state index is 3.68. The number of likely N-dealkylation sites (N-methyl/N-ethyl adjacent to an activating group) is 1. The average Bonchev–Trinajstić information content (AvgIpc) is 2.87. The maximum absolute atomic E-state index is 3.68. The van der Waals surface area contributed by atoms with Crippen molar-refractivity contribution in [1.82, 2.24) is 10.2 Å². The predicted molar refractivity (Wildman–Crippen MR) is 91.6 cm³/mol. The number of nitrogens with one attached hydrogen (secondary N) is 1. The van der Waals surface area contributed by atoms with Crippen molar-refractivity contribution in [3.05, 3.63) is 35.4 Å². The molecule has 1 aliphatic heterocycles. The van der Waals surface area contributed by atoms with Crippen molar-refractivity contribution in [3.63, 3.8) is 0 Å². The van der Waals surface area contributed by atoms with Gasteiger partial charge in [-0.1, -0.05) is 52.0 Å². The first-order chi connectivity index (χ1) is 9.91. The molecule has 0 spiro atoms. The van der Waals surface area contributed by atoms with Gasteiger partial charge in [0.2, 0.25) is 0 Å². The molecule has 0 radical (unpaired) electrons. The predicted octanol–water partition coefficient (Wildman–Crippen LogP) is 4.01. The zero-order chi connectivity index (χ0) is 15.5. The van der Waals surface area contributed by atoms with E-state index in [9.17, 15) is 0 Å². The van der Waals surface area contributed by atoms with Gasteiger partial charge in [-0.15, -0.1) is 0 Å². The van der Waals surface area contributed by atoms with Crippen LogP contribution in [0, 0.1) is 18.3 Å². The number of aryl methyl sites for hydroxylation is 1. The van der Waals surface area contributed by atoms with E-state index in [-0.39, 0.29) is 0 Å². The number of rotatable bonds is 5. The summed E-state index contributed by atoms with van der Waals surface area (Å²) in [5, 5.41) is 3.68. The van der Waals surface area contributed by atoms with Crippen LogP contribution in [0.15, 0.2) is 24.3 Å². The third kappa shape index (κ3) is 4.31. The minimum Gasteiger partial charge on any atom is -0.309 e. The highest BCUT2D eigenvalue weighted by Gasteiger charge is 2.32. The number of hydrogen-bond acceptors (Lipinski definition) is 2. The molecule has 0 saturated carbocycles. The van der Waals surface area contributed by atoms with Crippen molar-refractivity contribution in [2.24, 2.45) is 11.3 Å². The van der Waals surface area contributed by atoms with E-state index in [1.165, 1.54) is 30.6 Å². The molecule has 1 N–H and O–H groups in total. The Kier molecular flexibility index (Phi) is 5.45. The molecule has 1 saturated heterocycles. The molecule has 118 valence electrons. The second kappa shape index (κ2) is 6.93. The summed E-state index contributed by atoms with van der Waals surface area (Å²) < 4.78 is 0. The van der Waals surface area contributed by atoms with Crippen molar-refractivity contribution in [2.75, 3.05) is 26.2 Å². The zero-order valence-corrected chi connectivity index (χ0v) is 14.4. The topological polar surface area (TPSA) is 15.3 Å². The Hall–Kier alpha value is -0.860. The lowest BCUT2D eigenvalue weighted by Gasteiger charge is -2.29. The zero-order valence-electron chi connectivity index (χ0n) is 14.4. The molecule has 0 aliphatic carbocycles. The Bertz CT molecular complexity index is 447. The van der Waals surface area contributed by atoms with Gasteiger partial charge in [0.05, 0.1) is 0 Å². The fourth-order valence-electron chi connectivity index (χ4n) is 3.46. The molecule has 1 heterocycles. The van der Waals surface area contributed by atoms with Crippen molar-refractivity contribution in [3.8, 4) is 0 Å². The lowest BCUT2D eigenvalue weighted by Crippen LogP contribution is -2.35. The lowest BCUT2D eigenvalue weighted by molar-refractivity contribution is 0.219. The van der Waals surface area contributed by atoms with Crippen LogP contribution in [0.2, 0.25) is 0 Å². The van der Waals surface area contributed by atoms with Gasteiger partial charge in [0, 0.05) is 19.1 Å². The second-order valence-corrected chi connectivity index (χ2v) is 7.58. The summed E-state index contributed by atoms with van der Waals surface area (Å²) in [6.07, 6.45) is 1.34. The van der Waals surface area contributed by atoms with Crippen molar-refractivity contribution < 1.29 is 0 Å². The van der Waals surface area contributed by atoms with E-state index >= 15 is 0 Å². The molecule has 0 aromatic heterocycles. The van der Waals surface area contributed by atoms with E-state index in [0.717, 1.165) is 19.0 Å². The van der Waals surface area contributed by atoms with Gasteiger partial charge in [-0.3, -0.25) is 0 Å². The summed E-state index contributed by atoms with van der Waals surface area (Å²) in [6.45, 7) is 16.2. The van der Waals surface area contributed by atoms with Crippen molar-refractivity contribution in [2.45, 2.75) is 47.1 Å². The normalized spacial score (nSPS) is 21.7. The van der Waals surface area contributed by atoms with Gasteiger partial charge in [-0.05, 0) is 48.9 Å². The summed E-state index contributed by atoms with van der Waals surface area (Å²) in [7, 11) is 0. The van der Waals surface area contributed by atoms with E-state index in [1.807, 2.05) is 0 Å². The Morgan fingerprint density at radius 2 is 2.00 bits per heavy atom. The van der Waals surface area contributed by atoms with Crippen LogP contribution < -0.4 is 5.32 Å². The van der Waals surface area contributed by atoms with Gasteiger partial charge in [-0.25, -0.2) is 0 Å². The molecule has 2 atom stereocenters. The van der Waals surface area contributed by atoms with Crippen LogP contribution in [0.1, 0.15) is 51.3 Å². The largest absolute Gasteiger partial charge is 0.309 e. The Morgan fingerprint density at radius 1 is 1.29 bits per heavy atom. The third-order valence-corrected chi connectivity index (χ3v) is 4.95. The smallest absolute Gasteiger partial charge is 0.0451 e. The minimum atomic E-state index is 0.436. The minimum absolute atomic E-state index is 0.436. The molecule has 2 rings (SSSR count). The van der Waals surface area contributed by atoms with E-state index < -0.39 is 0 Å². The fourth-order valence-corrected chi connectivity index (χ4v) is 3.46. The SMILES string of the molecule is CCNC(CN1CCC(C(C)(C)C)C1)c1ccccc1C. The van der Waals surface area contributed by atoms with Crippen LogP contribution in [0.3, 0.4) is 0 Å². The molecule has 2 heteroatoms. The lowest BCUT2D eigenvalue weighted by atomic mass is 9.80. The van der Waals surface area contributed by atoms with Crippen LogP contribution in [0.25, 0.3) is 0 Å². The first-order valence-electron chi connectivity index (χ1n) is 8.43. The number of nitrogens with zero attached hydrogens (tertiary/aromatic N) is 1. The third-order valence-electron chi connectivity index (χ3n) is 4.95. The fraction of sp³-hybridized carbons (Fsp3) is 0.684. The van der Waals surface area contributed by atoms with Crippen LogP contribution in [-0.4, -0.2) is 31.1 Å². The number of hydrogen-bond donors (Lipinski definition) is 1. The number of benzene rings is 1. The van der Waals surface area contributed by atoms with E-state index in [1.54, 1.807) is 0 Å². The molecule has 0 amide bonds. The first kappa shape index (κ1) is 16.5. The van der Waals surface area contributed by atoms with E-state index in [2.05, 4.69) is 69.1 Å². The Labute approximate surface area is 130 Å². The van der Waals surface area contributed by atoms with Gasteiger partial charge in [0.1, 0.15) is 0 Å². The molecule has 1 fully saturated rings. The van der Waals surface area contributed by atoms with Crippen LogP contribution >= 0.6 is 0 Å². The summed E-state index contributed by atoms with van der Waals surface area (Å²) >= 11 is 0. The molecule has 2 unspecified atom stereocenters. The summed E-state index contributed by atoms with van der Waals surface area (Å²) in [4.78, 5) is 2.65. The van der Waals surface area contributed by atoms with Gasteiger partial charge in [-0.2, -0.15) is 0 Å². The standard InChI is InChI=1S/C19H32N2/c1-6-20-18(17-10-8-7-9-15(17)2)14-21-12-11-16(13-21)19(3,4)5/h7-10,16,18,20H,6,11-14H2,1-5H3. The number of likely N-dealkylation sites (tertiary alicyclic amines) is 1. The van der Waals surface area contributed by atoms with Crippen molar-refractivity contribution in [1.29, 1.82) is 0 Å². The molecule has 1 aromatic rings. The quantitative estimate of drug-likeness (QED) is 0.880. The van der Waals surface area contributed by atoms with Crippen LogP contribution in [0.4, 0.5) is 0 Å². The van der Waals surface area contributed by atoms with Crippen molar-refractivity contribution >= 4 is 0 Å². The average molecular weight is 288 g/mol. The van der Waals surface area contributed by atoms with E-state index in [4.69, 9.17) is 0 Å². The Balaban J connectivity index is 2.03. The summed E-state index contributed by atoms with van der Waals surface area (Å²) in [6, 6.07) is 9.25. The summed E-state index contributed by atoms with van der Waals surface area (Å²) in [5.74, 6) is 0.830. The second-order valence-electron chi connectivity index (χ2n) is 7.58. The molecule has 0 bridgehead atoms. The highest BCUT2D eigenvalue weighted by atomic mass is 15.2. The monoisotopic (exact) mass is 288 g/mol. The molecule has 1 aromatic carbocycles. The van der Waals surface area contributed by atoms with Gasteiger partial charge in [0.25, 0.3) is 0 Å². The molecule has 1 aliphatic rings. The first-order valence-corrected chi connectivity index (χ1v) is 8.43. The van der Waals surface area contributed by atoms with Crippen LogP contribution in [0.5, 0.6) is 0 Å². The highest BCUT2D eigenvalue weighted by Crippen LogP contribution is 2.34. The Morgan fingerprint density at radius 3 is 2.57 bits per heavy atom. The molecule has 2 nitrogen and oxygen atoms in total. The maximum Gasteiger partial charge on any atom is 0.0451 e. The molecular formula is C19H32N2. The van der Waals surface area contributed by atoms with E-state index in [0.29, 0.717) is 11.5 Å². The van der Waals surface area contributed by atoms with Gasteiger partial charge < -0.3 is 10.2 Å². The molecular weight excluding hydrogens is 256 g/mol. The highest BCUT2D eigenvalue weighted by molar-refractivity contribution is 5.29. The molecule has 21 heavy (non-hydrogen) atoms. The van der Waals surface area contributed by atoms with Crippen LogP contribution in [-0.2, 0) is 0 Å². The summed E-state index contributed by atoms with van der Waals surface area (Å²) in [5.41, 5.74) is 3.29.